The Hall–Kier alpha value is -2.90. The van der Waals surface area contributed by atoms with Gasteiger partial charge in [-0.05, 0) is 71.4 Å². The highest BCUT2D eigenvalue weighted by molar-refractivity contribution is 9.10. The molecule has 0 aliphatic carbocycles. The molecule has 0 unspecified atom stereocenters. The first kappa shape index (κ1) is 19.4. The van der Waals surface area contributed by atoms with Crippen LogP contribution in [-0.4, -0.2) is 22.6 Å². The van der Waals surface area contributed by atoms with E-state index in [2.05, 4.69) is 26.2 Å². The van der Waals surface area contributed by atoms with E-state index in [-0.39, 0.29) is 11.7 Å². The van der Waals surface area contributed by atoms with Crippen LogP contribution in [-0.2, 0) is 0 Å². The van der Waals surface area contributed by atoms with Crippen molar-refractivity contribution in [3.05, 3.63) is 70.7 Å². The number of amides is 1. The highest BCUT2D eigenvalue weighted by Crippen LogP contribution is 2.37. The lowest BCUT2D eigenvalue weighted by molar-refractivity contribution is 0.102. The Morgan fingerprint density at radius 2 is 2.00 bits per heavy atom. The number of carbonyl (C=O) groups excluding carboxylic acids is 1. The number of hydrogen-bond acceptors (Lipinski definition) is 5. The summed E-state index contributed by atoms with van der Waals surface area (Å²) in [6.45, 7) is 2.45. The van der Waals surface area contributed by atoms with Crippen LogP contribution in [0.15, 0.2) is 65.1 Å². The lowest BCUT2D eigenvalue weighted by Crippen LogP contribution is -2.12. The van der Waals surface area contributed by atoms with Crippen LogP contribution < -0.4 is 10.1 Å². The molecular formula is C22H17BrN2O3S. The van der Waals surface area contributed by atoms with Crippen molar-refractivity contribution in [1.82, 2.24) is 4.98 Å². The van der Waals surface area contributed by atoms with Crippen molar-refractivity contribution >= 4 is 49.1 Å². The lowest BCUT2D eigenvalue weighted by Gasteiger charge is -2.10. The van der Waals surface area contributed by atoms with Crippen molar-refractivity contribution in [3.8, 4) is 22.1 Å². The molecule has 146 valence electrons. The van der Waals surface area contributed by atoms with Crippen LogP contribution in [0, 0.1) is 0 Å². The summed E-state index contributed by atoms with van der Waals surface area (Å²) in [5.74, 6) is 0.548. The molecule has 7 heteroatoms. The largest absolute Gasteiger partial charge is 0.507 e. The van der Waals surface area contributed by atoms with E-state index in [9.17, 15) is 9.90 Å². The normalized spacial score (nSPS) is 10.8. The first-order valence-corrected chi connectivity index (χ1v) is 10.6. The number of rotatable bonds is 5. The Morgan fingerprint density at radius 3 is 2.76 bits per heavy atom. The molecule has 5 nitrogen and oxygen atoms in total. The van der Waals surface area contributed by atoms with E-state index < -0.39 is 0 Å². The number of carbonyl (C=O) groups is 1. The number of halogens is 1. The second-order valence-corrected chi connectivity index (χ2v) is 8.14. The monoisotopic (exact) mass is 468 g/mol. The summed E-state index contributed by atoms with van der Waals surface area (Å²) in [7, 11) is 0. The van der Waals surface area contributed by atoms with E-state index in [1.807, 2.05) is 31.2 Å². The van der Waals surface area contributed by atoms with E-state index in [0.29, 0.717) is 38.7 Å². The molecule has 2 N–H and O–H groups in total. The summed E-state index contributed by atoms with van der Waals surface area (Å²) in [4.78, 5) is 17.2. The third-order valence-corrected chi connectivity index (χ3v) is 5.96. The maximum absolute atomic E-state index is 12.7. The van der Waals surface area contributed by atoms with Crippen molar-refractivity contribution in [2.45, 2.75) is 6.92 Å². The molecule has 0 aliphatic heterocycles. The molecule has 0 radical (unpaired) electrons. The number of aromatic nitrogens is 1. The van der Waals surface area contributed by atoms with Crippen LogP contribution in [0.5, 0.6) is 11.5 Å². The van der Waals surface area contributed by atoms with E-state index in [1.54, 1.807) is 36.4 Å². The summed E-state index contributed by atoms with van der Waals surface area (Å²) in [5.41, 5.74) is 2.53. The van der Waals surface area contributed by atoms with Crippen molar-refractivity contribution in [1.29, 1.82) is 0 Å². The Kier molecular flexibility index (Phi) is 5.51. The van der Waals surface area contributed by atoms with Crippen LogP contribution in [0.3, 0.4) is 0 Å². The smallest absolute Gasteiger partial charge is 0.255 e. The molecule has 0 saturated carbocycles. The van der Waals surface area contributed by atoms with Crippen LogP contribution in [0.1, 0.15) is 17.3 Å². The van der Waals surface area contributed by atoms with Gasteiger partial charge in [0.15, 0.2) is 0 Å². The number of hydrogen-bond donors (Lipinski definition) is 2. The number of benzene rings is 3. The van der Waals surface area contributed by atoms with Gasteiger partial charge in [-0.25, -0.2) is 4.98 Å². The van der Waals surface area contributed by atoms with Crippen molar-refractivity contribution in [2.75, 3.05) is 11.9 Å². The topological polar surface area (TPSA) is 71.5 Å². The van der Waals surface area contributed by atoms with E-state index in [4.69, 9.17) is 4.74 Å². The summed E-state index contributed by atoms with van der Waals surface area (Å²) in [6, 6.07) is 17.9. The zero-order valence-electron chi connectivity index (χ0n) is 15.5. The minimum Gasteiger partial charge on any atom is -0.507 e. The predicted octanol–water partition coefficient (Wildman–Crippen LogP) is 6.08. The fourth-order valence-electron chi connectivity index (χ4n) is 2.89. The Labute approximate surface area is 180 Å². The van der Waals surface area contributed by atoms with Gasteiger partial charge in [-0.15, -0.1) is 11.3 Å². The van der Waals surface area contributed by atoms with Gasteiger partial charge in [0.2, 0.25) is 0 Å². The average molecular weight is 469 g/mol. The quantitative estimate of drug-likeness (QED) is 0.348. The molecular weight excluding hydrogens is 452 g/mol. The van der Waals surface area contributed by atoms with E-state index >= 15 is 0 Å². The number of aromatic hydroxyl groups is 1. The van der Waals surface area contributed by atoms with Crippen molar-refractivity contribution in [2.24, 2.45) is 0 Å². The van der Waals surface area contributed by atoms with Gasteiger partial charge in [0.25, 0.3) is 5.91 Å². The molecule has 0 atom stereocenters. The SMILES string of the molecule is CCOc1ccc(C(=O)Nc2ccc(O)c(-c3nc4ccccc4s3)c2)cc1Br. The zero-order valence-corrected chi connectivity index (χ0v) is 17.9. The first-order valence-electron chi connectivity index (χ1n) is 8.98. The van der Waals surface area contributed by atoms with Gasteiger partial charge in [0, 0.05) is 11.3 Å². The number of phenols is 1. The second-order valence-electron chi connectivity index (χ2n) is 6.25. The molecule has 1 heterocycles. The highest BCUT2D eigenvalue weighted by atomic mass is 79.9. The number of anilines is 1. The van der Waals surface area contributed by atoms with Gasteiger partial charge in [-0.3, -0.25) is 4.79 Å². The predicted molar refractivity (Wildman–Crippen MR) is 120 cm³/mol. The maximum Gasteiger partial charge on any atom is 0.255 e. The number of nitrogens with zero attached hydrogens (tertiary/aromatic N) is 1. The van der Waals surface area contributed by atoms with Gasteiger partial charge >= 0.3 is 0 Å². The summed E-state index contributed by atoms with van der Waals surface area (Å²) >= 11 is 4.92. The van der Waals surface area contributed by atoms with Crippen LogP contribution in [0.4, 0.5) is 5.69 Å². The molecule has 1 amide bonds. The van der Waals surface area contributed by atoms with E-state index in [0.717, 1.165) is 10.2 Å². The molecule has 3 aromatic carbocycles. The number of ether oxygens (including phenoxy) is 1. The van der Waals surface area contributed by atoms with Gasteiger partial charge in [-0.1, -0.05) is 12.1 Å². The molecule has 1 aromatic heterocycles. The Bertz CT molecular complexity index is 1170. The summed E-state index contributed by atoms with van der Waals surface area (Å²) in [5, 5.41) is 13.9. The van der Waals surface area contributed by atoms with Crippen LogP contribution in [0.25, 0.3) is 20.8 Å². The van der Waals surface area contributed by atoms with Crippen molar-refractivity contribution < 1.29 is 14.6 Å². The van der Waals surface area contributed by atoms with Gasteiger partial charge in [0.1, 0.15) is 16.5 Å². The van der Waals surface area contributed by atoms with Crippen molar-refractivity contribution in [3.63, 3.8) is 0 Å². The minimum absolute atomic E-state index is 0.117. The number of phenolic OH excluding ortho intramolecular Hbond substituents is 1. The molecule has 4 aromatic rings. The van der Waals surface area contributed by atoms with Gasteiger partial charge < -0.3 is 15.2 Å². The molecule has 0 bridgehead atoms. The third kappa shape index (κ3) is 4.11. The summed E-state index contributed by atoms with van der Waals surface area (Å²) in [6.07, 6.45) is 0. The third-order valence-electron chi connectivity index (χ3n) is 4.27. The molecule has 0 aliphatic rings. The van der Waals surface area contributed by atoms with E-state index in [1.165, 1.54) is 11.3 Å². The highest BCUT2D eigenvalue weighted by Gasteiger charge is 2.14. The molecule has 29 heavy (non-hydrogen) atoms. The second kappa shape index (κ2) is 8.23. The summed E-state index contributed by atoms with van der Waals surface area (Å²) < 4.78 is 7.23. The fraction of sp³-hybridized carbons (Fsp3) is 0.0909. The molecule has 0 fully saturated rings. The number of para-hydroxylation sites is 1. The average Bonchev–Trinajstić information content (AvgIpc) is 3.15. The maximum atomic E-state index is 12.7. The van der Waals surface area contributed by atoms with Gasteiger partial charge in [0.05, 0.1) is 26.9 Å². The fourth-order valence-corrected chi connectivity index (χ4v) is 4.37. The van der Waals surface area contributed by atoms with Crippen LogP contribution >= 0.6 is 27.3 Å². The molecule has 0 saturated heterocycles. The number of fused-ring (bicyclic) bond motifs is 1. The molecule has 0 spiro atoms. The molecule has 4 rings (SSSR count). The Balaban J connectivity index is 1.60. The van der Waals surface area contributed by atoms with Crippen LogP contribution in [0.2, 0.25) is 0 Å². The lowest BCUT2D eigenvalue weighted by atomic mass is 10.1. The first-order chi connectivity index (χ1) is 14.0. The minimum atomic E-state index is -0.255. The Morgan fingerprint density at radius 1 is 1.17 bits per heavy atom. The number of nitrogens with one attached hydrogen (secondary N) is 1. The standard InChI is InChI=1S/C22H17BrN2O3S/c1-2-28-19-10-7-13(11-16(19)23)21(27)24-14-8-9-18(26)15(12-14)22-25-17-5-3-4-6-20(17)29-22/h3-12,26H,2H2,1H3,(H,24,27). The van der Waals surface area contributed by atoms with Gasteiger partial charge in [-0.2, -0.15) is 0 Å². The number of thiazole rings is 1. The zero-order chi connectivity index (χ0) is 20.4.